The minimum absolute atomic E-state index is 0.126. The van der Waals surface area contributed by atoms with Gasteiger partial charge in [0.05, 0.1) is 6.61 Å². The Kier molecular flexibility index (Phi) is 4.77. The average Bonchev–Trinajstić information content (AvgIpc) is 2.27. The number of rotatable bonds is 3. The fourth-order valence-electron chi connectivity index (χ4n) is 1.05. The molecule has 0 aliphatic carbocycles. The summed E-state index contributed by atoms with van der Waals surface area (Å²) < 4.78 is 4.75. The van der Waals surface area contributed by atoms with E-state index in [9.17, 15) is 4.79 Å². The summed E-state index contributed by atoms with van der Waals surface area (Å²) in [6.45, 7) is 2.63. The van der Waals surface area contributed by atoms with Gasteiger partial charge in [-0.2, -0.15) is 0 Å². The van der Waals surface area contributed by atoms with Crippen LogP contribution in [0.4, 0.5) is 0 Å². The van der Waals surface area contributed by atoms with Crippen molar-refractivity contribution in [3.8, 4) is 0 Å². The van der Waals surface area contributed by atoms with Gasteiger partial charge in [0, 0.05) is 6.54 Å². The van der Waals surface area contributed by atoms with E-state index in [0.29, 0.717) is 13.2 Å². The van der Waals surface area contributed by atoms with Gasteiger partial charge in [-0.3, -0.25) is 0 Å². The summed E-state index contributed by atoms with van der Waals surface area (Å²) in [4.78, 5) is 11.3. The molecule has 3 nitrogen and oxygen atoms in total. The molecule has 0 amide bonds. The van der Waals surface area contributed by atoms with Gasteiger partial charge in [-0.1, -0.05) is 42.5 Å². The third kappa shape index (κ3) is 4.08. The topological polar surface area (TPSA) is 38.3 Å². The van der Waals surface area contributed by atoms with E-state index >= 15 is 0 Å². The first-order chi connectivity index (χ1) is 7.24. The quantitative estimate of drug-likeness (QED) is 0.625. The van der Waals surface area contributed by atoms with E-state index < -0.39 is 5.97 Å². The lowest BCUT2D eigenvalue weighted by atomic mass is 10.2. The van der Waals surface area contributed by atoms with Crippen LogP contribution < -0.4 is 5.32 Å². The summed E-state index contributed by atoms with van der Waals surface area (Å²) in [5, 5.41) is 2.84. The molecule has 4 heteroatoms. The summed E-state index contributed by atoms with van der Waals surface area (Å²) in [7, 11) is 0. The number of hydrogen-bond donors (Lipinski definition) is 1. The normalized spacial score (nSPS) is 9.40. The molecule has 0 aliphatic heterocycles. The van der Waals surface area contributed by atoms with Gasteiger partial charge in [0.15, 0.2) is 4.99 Å². The van der Waals surface area contributed by atoms with Crippen LogP contribution in [0.25, 0.3) is 0 Å². The molecule has 1 aromatic carbocycles. The van der Waals surface area contributed by atoms with Gasteiger partial charge >= 0.3 is 5.97 Å². The van der Waals surface area contributed by atoms with Crippen LogP contribution in [0.1, 0.15) is 12.5 Å². The molecule has 0 heterocycles. The van der Waals surface area contributed by atoms with E-state index in [1.54, 1.807) is 6.92 Å². The molecule has 0 saturated heterocycles. The van der Waals surface area contributed by atoms with Crippen LogP contribution in [0.5, 0.6) is 0 Å². The van der Waals surface area contributed by atoms with Crippen molar-refractivity contribution in [1.82, 2.24) is 5.32 Å². The number of esters is 1. The maximum absolute atomic E-state index is 11.1. The zero-order valence-corrected chi connectivity index (χ0v) is 9.34. The Bertz CT molecular complexity index is 338. The molecule has 1 rings (SSSR count). The van der Waals surface area contributed by atoms with Gasteiger partial charge in [-0.05, 0) is 12.5 Å². The molecule has 0 unspecified atom stereocenters. The van der Waals surface area contributed by atoms with E-state index in [1.165, 1.54) is 0 Å². The van der Waals surface area contributed by atoms with Crippen LogP contribution >= 0.6 is 12.2 Å². The van der Waals surface area contributed by atoms with Gasteiger partial charge in [-0.15, -0.1) is 0 Å². The zero-order chi connectivity index (χ0) is 11.1. The molecular weight excluding hydrogens is 210 g/mol. The summed E-state index contributed by atoms with van der Waals surface area (Å²) in [5.74, 6) is -0.469. The second-order valence-electron chi connectivity index (χ2n) is 2.89. The van der Waals surface area contributed by atoms with Gasteiger partial charge < -0.3 is 10.1 Å². The Balaban J connectivity index is 2.38. The van der Waals surface area contributed by atoms with Gasteiger partial charge in [-0.25, -0.2) is 4.79 Å². The van der Waals surface area contributed by atoms with E-state index in [2.05, 4.69) is 5.32 Å². The largest absolute Gasteiger partial charge is 0.461 e. The monoisotopic (exact) mass is 223 g/mol. The van der Waals surface area contributed by atoms with Crippen LogP contribution in [0.15, 0.2) is 30.3 Å². The Morgan fingerprint density at radius 1 is 1.40 bits per heavy atom. The van der Waals surface area contributed by atoms with Crippen LogP contribution in [0.2, 0.25) is 0 Å². The number of carbonyl (C=O) groups excluding carboxylic acids is 1. The first-order valence-corrected chi connectivity index (χ1v) is 5.13. The number of benzene rings is 1. The minimum Gasteiger partial charge on any atom is -0.461 e. The van der Waals surface area contributed by atoms with Crippen molar-refractivity contribution in [2.24, 2.45) is 0 Å². The lowest BCUT2D eigenvalue weighted by Gasteiger charge is -2.06. The molecule has 0 spiro atoms. The molecule has 0 atom stereocenters. The average molecular weight is 223 g/mol. The van der Waals surface area contributed by atoms with Crippen molar-refractivity contribution in [3.63, 3.8) is 0 Å². The molecule has 80 valence electrons. The molecular formula is C11H13NO2S. The van der Waals surface area contributed by atoms with Crippen molar-refractivity contribution in [1.29, 1.82) is 0 Å². The standard InChI is InChI=1S/C11H13NO2S/c1-2-14-11(13)10(15)12-8-9-6-4-3-5-7-9/h3-7H,2,8H2,1H3,(H,12,15). The molecule has 1 N–H and O–H groups in total. The summed E-state index contributed by atoms with van der Waals surface area (Å²) in [5.41, 5.74) is 1.07. The predicted octanol–water partition coefficient (Wildman–Crippen LogP) is 1.67. The molecule has 0 aromatic heterocycles. The third-order valence-electron chi connectivity index (χ3n) is 1.76. The number of carbonyl (C=O) groups is 1. The summed E-state index contributed by atoms with van der Waals surface area (Å²) in [6, 6.07) is 9.73. The SMILES string of the molecule is CCOC(=O)C(=S)NCc1ccccc1. The van der Waals surface area contributed by atoms with Crippen LogP contribution in [-0.2, 0) is 16.1 Å². The number of hydrogen-bond acceptors (Lipinski definition) is 3. The van der Waals surface area contributed by atoms with E-state index in [0.717, 1.165) is 5.56 Å². The van der Waals surface area contributed by atoms with Crippen molar-refractivity contribution < 1.29 is 9.53 Å². The highest BCUT2D eigenvalue weighted by atomic mass is 32.1. The third-order valence-corrected chi connectivity index (χ3v) is 2.07. The van der Waals surface area contributed by atoms with Crippen LogP contribution in [-0.4, -0.2) is 17.6 Å². The molecule has 0 radical (unpaired) electrons. The molecule has 15 heavy (non-hydrogen) atoms. The van der Waals surface area contributed by atoms with E-state index in [1.807, 2.05) is 30.3 Å². The van der Waals surface area contributed by atoms with Gasteiger partial charge in [0.2, 0.25) is 0 Å². The lowest BCUT2D eigenvalue weighted by molar-refractivity contribution is -0.135. The van der Waals surface area contributed by atoms with Crippen molar-refractivity contribution in [2.45, 2.75) is 13.5 Å². The highest BCUT2D eigenvalue weighted by Gasteiger charge is 2.08. The van der Waals surface area contributed by atoms with Gasteiger partial charge in [0.25, 0.3) is 0 Å². The van der Waals surface area contributed by atoms with Crippen LogP contribution in [0, 0.1) is 0 Å². The Morgan fingerprint density at radius 2 is 2.07 bits per heavy atom. The van der Waals surface area contributed by atoms with E-state index in [4.69, 9.17) is 17.0 Å². The smallest absolute Gasteiger partial charge is 0.365 e. The fourth-order valence-corrected chi connectivity index (χ4v) is 1.18. The lowest BCUT2D eigenvalue weighted by Crippen LogP contribution is -2.30. The molecule has 0 bridgehead atoms. The van der Waals surface area contributed by atoms with E-state index in [-0.39, 0.29) is 4.99 Å². The summed E-state index contributed by atoms with van der Waals surface area (Å²) >= 11 is 4.86. The van der Waals surface area contributed by atoms with Crippen molar-refractivity contribution in [2.75, 3.05) is 6.61 Å². The molecule has 0 fully saturated rings. The van der Waals surface area contributed by atoms with Crippen molar-refractivity contribution >= 4 is 23.2 Å². The maximum Gasteiger partial charge on any atom is 0.365 e. The Hall–Kier alpha value is -1.42. The second-order valence-corrected chi connectivity index (χ2v) is 3.30. The second kappa shape index (κ2) is 6.14. The number of nitrogens with one attached hydrogen (secondary N) is 1. The van der Waals surface area contributed by atoms with Crippen molar-refractivity contribution in [3.05, 3.63) is 35.9 Å². The first-order valence-electron chi connectivity index (χ1n) is 4.73. The predicted molar refractivity (Wildman–Crippen MR) is 62.5 cm³/mol. The molecule has 0 aliphatic rings. The molecule has 0 saturated carbocycles. The fraction of sp³-hybridized carbons (Fsp3) is 0.273. The maximum atomic E-state index is 11.1. The van der Waals surface area contributed by atoms with Gasteiger partial charge in [0.1, 0.15) is 0 Å². The Labute approximate surface area is 94.4 Å². The minimum atomic E-state index is -0.469. The Morgan fingerprint density at radius 3 is 2.67 bits per heavy atom. The first kappa shape index (κ1) is 11.7. The number of ether oxygens (including phenoxy) is 1. The van der Waals surface area contributed by atoms with Crippen LogP contribution in [0.3, 0.4) is 0 Å². The summed E-state index contributed by atoms with van der Waals surface area (Å²) in [6.07, 6.45) is 0. The molecule has 1 aromatic rings. The zero-order valence-electron chi connectivity index (χ0n) is 8.53. The highest BCUT2D eigenvalue weighted by molar-refractivity contribution is 7.81. The highest BCUT2D eigenvalue weighted by Crippen LogP contribution is 1.97. The number of thiocarbonyl (C=S) groups is 1.